The first kappa shape index (κ1) is 16.4. The molecule has 2 aliphatic heterocycles. The van der Waals surface area contributed by atoms with Crippen molar-refractivity contribution in [3.8, 4) is 0 Å². The minimum absolute atomic E-state index is 0.0426. The van der Waals surface area contributed by atoms with Gasteiger partial charge < -0.3 is 20.8 Å². The highest BCUT2D eigenvalue weighted by atomic mass is 32.2. The number of fused-ring (bicyclic) bond motifs is 1. The lowest BCUT2D eigenvalue weighted by molar-refractivity contribution is -0.161. The Morgan fingerprint density at radius 3 is 2.50 bits per heavy atom. The average Bonchev–Trinajstić information content (AvgIpc) is 2.60. The van der Waals surface area contributed by atoms with Crippen molar-refractivity contribution in [1.29, 1.82) is 0 Å². The molecule has 1 fully saturated rings. The number of carbonyl (C=O) groups is 3. The number of hydrogen-bond donors (Lipinski definition) is 3. The summed E-state index contributed by atoms with van der Waals surface area (Å²) in [5.74, 6) is -5.27. The van der Waals surface area contributed by atoms with Crippen LogP contribution in [0.25, 0.3) is 0 Å². The van der Waals surface area contributed by atoms with Gasteiger partial charge in [-0.1, -0.05) is 0 Å². The number of carboxylic acids is 1. The zero-order chi connectivity index (χ0) is 16.8. The molecule has 4 N–H and O–H groups in total. The molecule has 1 saturated heterocycles. The van der Waals surface area contributed by atoms with Gasteiger partial charge in [0.25, 0.3) is 0 Å². The number of sulfone groups is 1. The summed E-state index contributed by atoms with van der Waals surface area (Å²) in [6.45, 7) is 1.42. The quantitative estimate of drug-likeness (QED) is 0.468. The van der Waals surface area contributed by atoms with Gasteiger partial charge in [-0.3, -0.25) is 9.59 Å². The molecule has 0 bridgehead atoms. The van der Waals surface area contributed by atoms with Crippen LogP contribution < -0.4 is 5.73 Å². The van der Waals surface area contributed by atoms with Crippen molar-refractivity contribution in [3.63, 3.8) is 0 Å². The Balaban J connectivity index is 2.30. The van der Waals surface area contributed by atoms with Crippen LogP contribution in [0.15, 0.2) is 11.3 Å². The van der Waals surface area contributed by atoms with Crippen LogP contribution in [0.3, 0.4) is 0 Å². The van der Waals surface area contributed by atoms with E-state index in [0.717, 1.165) is 4.90 Å². The predicted octanol–water partition coefficient (Wildman–Crippen LogP) is -2.16. The number of carbonyl (C=O) groups excluding carboxylic acids is 2. The van der Waals surface area contributed by atoms with E-state index in [2.05, 4.69) is 0 Å². The number of hydrogen-bond acceptors (Lipinski definition) is 6. The maximum atomic E-state index is 11.9. The lowest BCUT2D eigenvalue weighted by Crippen LogP contribution is -2.61. The number of β-lactam (4-membered cyclic amide) rings is 1. The minimum atomic E-state index is -3.90. The van der Waals surface area contributed by atoms with Gasteiger partial charge in [0.1, 0.15) is 11.4 Å². The van der Waals surface area contributed by atoms with Gasteiger partial charge in [0.15, 0.2) is 9.84 Å². The average molecular weight is 332 g/mol. The van der Waals surface area contributed by atoms with Crippen molar-refractivity contribution >= 4 is 27.6 Å². The van der Waals surface area contributed by atoms with Gasteiger partial charge in [-0.25, -0.2) is 13.2 Å². The fourth-order valence-corrected chi connectivity index (χ4v) is 4.34. The van der Waals surface area contributed by atoms with E-state index >= 15 is 0 Å². The summed E-state index contributed by atoms with van der Waals surface area (Å²) >= 11 is 0. The Labute approximate surface area is 126 Å². The summed E-state index contributed by atoms with van der Waals surface area (Å²) in [5, 5.41) is 18.8. The molecular formula is C12H16N2O7S. The summed E-state index contributed by atoms with van der Waals surface area (Å²) in [6, 6.07) is -0.558. The molecule has 0 spiro atoms. The number of aliphatic carboxylic acids is 1. The Kier molecular flexibility index (Phi) is 4.00. The molecule has 0 aromatic carbocycles. The number of nitrogens with zero attached hydrogens (tertiary/aromatic N) is 1. The van der Waals surface area contributed by atoms with Gasteiger partial charge in [0.05, 0.1) is 23.8 Å². The van der Waals surface area contributed by atoms with Gasteiger partial charge in [0, 0.05) is 0 Å². The van der Waals surface area contributed by atoms with Crippen molar-refractivity contribution in [2.24, 2.45) is 11.7 Å². The molecule has 0 radical (unpaired) electrons. The Bertz CT molecular complexity index is 680. The van der Waals surface area contributed by atoms with Crippen LogP contribution >= 0.6 is 0 Å². The third-order valence-corrected chi connectivity index (χ3v) is 5.29. The highest BCUT2D eigenvalue weighted by molar-refractivity contribution is 7.92. The predicted molar refractivity (Wildman–Crippen MR) is 72.9 cm³/mol. The molecule has 22 heavy (non-hydrogen) atoms. The lowest BCUT2D eigenvalue weighted by atomic mass is 9.83. The van der Waals surface area contributed by atoms with Crippen LogP contribution in [-0.4, -0.2) is 65.0 Å². The largest absolute Gasteiger partial charge is 0.477 e. The molecule has 0 aromatic rings. The summed E-state index contributed by atoms with van der Waals surface area (Å²) in [5.41, 5.74) is 4.53. The summed E-state index contributed by atoms with van der Waals surface area (Å²) in [4.78, 5) is 35.0. The van der Waals surface area contributed by atoms with Gasteiger partial charge in [-0.05, 0) is 18.9 Å². The van der Waals surface area contributed by atoms with Crippen LogP contribution in [0, 0.1) is 5.92 Å². The van der Waals surface area contributed by atoms with Crippen molar-refractivity contribution < 1.29 is 33.0 Å². The van der Waals surface area contributed by atoms with Crippen molar-refractivity contribution in [1.82, 2.24) is 4.90 Å². The second kappa shape index (κ2) is 5.36. The number of aliphatic hydroxyl groups is 1. The summed E-state index contributed by atoms with van der Waals surface area (Å²) in [6.07, 6.45) is -0.911. The fourth-order valence-electron chi connectivity index (χ4n) is 3.02. The molecule has 10 heteroatoms. The molecule has 122 valence electrons. The van der Waals surface area contributed by atoms with E-state index in [1.165, 1.54) is 6.92 Å². The Morgan fingerprint density at radius 2 is 2.05 bits per heavy atom. The standard InChI is InChI=1S/C12H16N2O7S/c1-5(15)9-7-2-6(3-22(20,21)4-8(13)16)10(12(18)19)14(7)11(9)17/h5,7,9,15H,2-4H2,1H3,(H2,13,16)(H,18,19). The van der Waals surface area contributed by atoms with E-state index < -0.39 is 57.2 Å². The number of rotatable bonds is 6. The normalized spacial score (nSPS) is 25.7. The Hall–Kier alpha value is -1.94. The van der Waals surface area contributed by atoms with Gasteiger partial charge in [-0.2, -0.15) is 0 Å². The minimum Gasteiger partial charge on any atom is -0.477 e. The zero-order valence-electron chi connectivity index (χ0n) is 11.7. The van der Waals surface area contributed by atoms with E-state index in [1.54, 1.807) is 0 Å². The van der Waals surface area contributed by atoms with Crippen LogP contribution in [0.5, 0.6) is 0 Å². The van der Waals surface area contributed by atoms with Crippen molar-refractivity contribution in [2.45, 2.75) is 25.5 Å². The second-order valence-corrected chi connectivity index (χ2v) is 7.57. The number of primary amides is 1. The van der Waals surface area contributed by atoms with Crippen LogP contribution in [-0.2, 0) is 24.2 Å². The number of nitrogens with two attached hydrogens (primary N) is 1. The first-order chi connectivity index (χ1) is 10.0. The van der Waals surface area contributed by atoms with Gasteiger partial charge >= 0.3 is 5.97 Å². The highest BCUT2D eigenvalue weighted by Gasteiger charge is 2.56. The van der Waals surface area contributed by atoms with E-state index in [-0.39, 0.29) is 17.7 Å². The highest BCUT2D eigenvalue weighted by Crippen LogP contribution is 2.43. The molecule has 3 unspecified atom stereocenters. The van der Waals surface area contributed by atoms with E-state index in [1.807, 2.05) is 0 Å². The van der Waals surface area contributed by atoms with Crippen LogP contribution in [0.2, 0.25) is 0 Å². The van der Waals surface area contributed by atoms with E-state index in [4.69, 9.17) is 5.73 Å². The monoisotopic (exact) mass is 332 g/mol. The molecular weight excluding hydrogens is 316 g/mol. The second-order valence-electron chi connectivity index (χ2n) is 5.50. The van der Waals surface area contributed by atoms with Gasteiger partial charge in [0.2, 0.25) is 11.8 Å². The smallest absolute Gasteiger partial charge is 0.352 e. The first-order valence-corrected chi connectivity index (χ1v) is 8.32. The molecule has 0 saturated carbocycles. The third kappa shape index (κ3) is 2.71. The third-order valence-electron chi connectivity index (χ3n) is 3.78. The number of carboxylic acid groups (broad SMARTS) is 1. The maximum absolute atomic E-state index is 11.9. The molecule has 3 atom stereocenters. The maximum Gasteiger partial charge on any atom is 0.352 e. The fraction of sp³-hybridized carbons (Fsp3) is 0.583. The molecule has 0 aromatic heterocycles. The number of amides is 2. The molecule has 9 nitrogen and oxygen atoms in total. The lowest BCUT2D eigenvalue weighted by Gasteiger charge is -2.44. The molecule has 2 rings (SSSR count). The molecule has 2 amide bonds. The van der Waals surface area contributed by atoms with E-state index in [9.17, 15) is 33.0 Å². The van der Waals surface area contributed by atoms with Crippen LogP contribution in [0.4, 0.5) is 0 Å². The molecule has 2 aliphatic rings. The summed E-state index contributed by atoms with van der Waals surface area (Å²) < 4.78 is 23.6. The number of aliphatic hydroxyl groups excluding tert-OH is 1. The Morgan fingerprint density at radius 1 is 1.45 bits per heavy atom. The topological polar surface area (TPSA) is 155 Å². The van der Waals surface area contributed by atoms with Crippen molar-refractivity contribution in [3.05, 3.63) is 11.3 Å². The van der Waals surface area contributed by atoms with Gasteiger partial charge in [-0.15, -0.1) is 0 Å². The van der Waals surface area contributed by atoms with Crippen LogP contribution in [0.1, 0.15) is 13.3 Å². The zero-order valence-corrected chi connectivity index (χ0v) is 12.5. The summed E-state index contributed by atoms with van der Waals surface area (Å²) in [7, 11) is -3.90. The molecule has 2 heterocycles. The first-order valence-electron chi connectivity index (χ1n) is 6.50. The SMILES string of the molecule is CC(O)C1C(=O)N2C(C(=O)O)=C(CS(=O)(=O)CC(N)=O)CC12. The molecule has 0 aliphatic carbocycles. The van der Waals surface area contributed by atoms with Crippen molar-refractivity contribution in [2.75, 3.05) is 11.5 Å². The van der Waals surface area contributed by atoms with E-state index in [0.29, 0.717) is 0 Å².